The van der Waals surface area contributed by atoms with Crippen LogP contribution in [-0.2, 0) is 12.7 Å². The zero-order valence-electron chi connectivity index (χ0n) is 11.8. The van der Waals surface area contributed by atoms with Crippen LogP contribution in [0.4, 0.5) is 13.2 Å². The maximum atomic E-state index is 12.7. The number of aryl methyl sites for hydroxylation is 2. The number of alkyl halides is 3. The highest BCUT2D eigenvalue weighted by Gasteiger charge is 2.31. The summed E-state index contributed by atoms with van der Waals surface area (Å²) in [5.74, 6) is 0.918. The summed E-state index contributed by atoms with van der Waals surface area (Å²) >= 11 is 0. The molecule has 0 bridgehead atoms. The topological polar surface area (TPSA) is 35.2 Å². The fourth-order valence-corrected chi connectivity index (χ4v) is 1.92. The van der Waals surface area contributed by atoms with Gasteiger partial charge >= 0.3 is 6.18 Å². The molecule has 0 spiro atoms. The summed E-state index contributed by atoms with van der Waals surface area (Å²) in [7, 11) is 0. The molecule has 0 aliphatic heterocycles. The van der Waals surface area contributed by atoms with Crippen molar-refractivity contribution in [3.63, 3.8) is 0 Å². The van der Waals surface area contributed by atoms with Crippen LogP contribution in [0, 0.1) is 13.8 Å². The van der Waals surface area contributed by atoms with Crippen LogP contribution in [0.3, 0.4) is 0 Å². The van der Waals surface area contributed by atoms with Crippen molar-refractivity contribution in [2.75, 3.05) is 0 Å². The second-order valence-electron chi connectivity index (χ2n) is 4.87. The molecule has 2 N–H and O–H groups in total. The lowest BCUT2D eigenvalue weighted by molar-refractivity contribution is -0.137. The highest BCUT2D eigenvalue weighted by atomic mass is 19.4. The van der Waals surface area contributed by atoms with E-state index in [0.717, 1.165) is 23.3 Å². The van der Waals surface area contributed by atoms with E-state index >= 15 is 0 Å². The molecule has 0 aromatic heterocycles. The molecule has 0 amide bonds. The molecule has 0 heterocycles. The lowest BCUT2D eigenvalue weighted by Crippen LogP contribution is -2.08. The molecule has 0 fully saturated rings. The number of rotatable bonds is 3. The van der Waals surface area contributed by atoms with E-state index in [2.05, 4.69) is 0 Å². The molecule has 0 saturated heterocycles. The van der Waals surface area contributed by atoms with Crippen LogP contribution >= 0.6 is 0 Å². The maximum absolute atomic E-state index is 12.7. The van der Waals surface area contributed by atoms with Crippen molar-refractivity contribution in [2.45, 2.75) is 26.6 Å². The Kier molecular flexibility index (Phi) is 4.23. The summed E-state index contributed by atoms with van der Waals surface area (Å²) in [5.41, 5.74) is 7.29. The number of hydrogen-bond donors (Lipinski definition) is 1. The van der Waals surface area contributed by atoms with Gasteiger partial charge in [0, 0.05) is 12.1 Å². The Bertz CT molecular complexity index is 650. The molecular formula is C16H16F3NO. The molecule has 2 rings (SSSR count). The van der Waals surface area contributed by atoms with Gasteiger partial charge in [0.25, 0.3) is 0 Å². The van der Waals surface area contributed by atoms with Gasteiger partial charge in [-0.3, -0.25) is 0 Å². The smallest absolute Gasteiger partial charge is 0.416 e. The van der Waals surface area contributed by atoms with Crippen LogP contribution in [0.25, 0.3) is 0 Å². The van der Waals surface area contributed by atoms with E-state index in [1.165, 1.54) is 6.07 Å². The third-order valence-electron chi connectivity index (χ3n) is 3.31. The third kappa shape index (κ3) is 3.55. The Morgan fingerprint density at radius 2 is 1.71 bits per heavy atom. The zero-order chi connectivity index (χ0) is 15.6. The first-order valence-electron chi connectivity index (χ1n) is 6.46. The van der Waals surface area contributed by atoms with Crippen molar-refractivity contribution in [3.05, 3.63) is 58.7 Å². The minimum Gasteiger partial charge on any atom is -0.457 e. The minimum absolute atomic E-state index is 0.0237. The predicted octanol–water partition coefficient (Wildman–Crippen LogP) is 4.57. The molecule has 0 aliphatic carbocycles. The van der Waals surface area contributed by atoms with Gasteiger partial charge in [0.1, 0.15) is 11.5 Å². The maximum Gasteiger partial charge on any atom is 0.416 e. The van der Waals surface area contributed by atoms with Gasteiger partial charge < -0.3 is 10.5 Å². The first-order chi connectivity index (χ1) is 9.81. The van der Waals surface area contributed by atoms with Crippen LogP contribution in [0.1, 0.15) is 22.3 Å². The quantitative estimate of drug-likeness (QED) is 0.900. The Morgan fingerprint density at radius 1 is 1.00 bits per heavy atom. The molecule has 2 aromatic carbocycles. The van der Waals surface area contributed by atoms with E-state index in [9.17, 15) is 13.2 Å². The number of nitrogens with two attached hydrogens (primary N) is 1. The van der Waals surface area contributed by atoms with E-state index in [0.29, 0.717) is 17.1 Å². The van der Waals surface area contributed by atoms with E-state index in [-0.39, 0.29) is 6.54 Å². The van der Waals surface area contributed by atoms with Gasteiger partial charge in [0.15, 0.2) is 0 Å². The second kappa shape index (κ2) is 5.77. The van der Waals surface area contributed by atoms with Crippen molar-refractivity contribution in [1.29, 1.82) is 0 Å². The van der Waals surface area contributed by atoms with E-state index in [4.69, 9.17) is 10.5 Å². The van der Waals surface area contributed by atoms with Crippen molar-refractivity contribution in [3.8, 4) is 11.5 Å². The molecule has 0 radical (unpaired) electrons. The summed E-state index contributed by atoms with van der Waals surface area (Å²) in [6.45, 7) is 3.89. The molecule has 0 unspecified atom stereocenters. The first kappa shape index (κ1) is 15.4. The van der Waals surface area contributed by atoms with Gasteiger partial charge in [0.05, 0.1) is 5.56 Å². The average Bonchev–Trinajstić information content (AvgIpc) is 2.42. The van der Waals surface area contributed by atoms with Crippen molar-refractivity contribution < 1.29 is 17.9 Å². The average molecular weight is 295 g/mol. The zero-order valence-corrected chi connectivity index (χ0v) is 11.8. The molecule has 0 saturated carbocycles. The molecule has 21 heavy (non-hydrogen) atoms. The number of halogens is 3. The fraction of sp³-hybridized carbons (Fsp3) is 0.250. The molecule has 2 aromatic rings. The summed E-state index contributed by atoms with van der Waals surface area (Å²) < 4.78 is 43.7. The third-order valence-corrected chi connectivity index (χ3v) is 3.31. The van der Waals surface area contributed by atoms with E-state index < -0.39 is 11.7 Å². The van der Waals surface area contributed by atoms with E-state index in [1.54, 1.807) is 6.07 Å². The van der Waals surface area contributed by atoms with Crippen LogP contribution in [0.15, 0.2) is 36.4 Å². The Labute approximate surface area is 121 Å². The normalized spacial score (nSPS) is 11.5. The number of hydrogen-bond acceptors (Lipinski definition) is 2. The highest BCUT2D eigenvalue weighted by Crippen LogP contribution is 2.34. The number of benzene rings is 2. The largest absolute Gasteiger partial charge is 0.457 e. The Balaban J connectivity index is 2.33. The van der Waals surface area contributed by atoms with Crippen LogP contribution < -0.4 is 10.5 Å². The monoisotopic (exact) mass is 295 g/mol. The molecule has 112 valence electrons. The van der Waals surface area contributed by atoms with E-state index in [1.807, 2.05) is 26.0 Å². The van der Waals surface area contributed by atoms with Crippen molar-refractivity contribution in [1.82, 2.24) is 0 Å². The van der Waals surface area contributed by atoms with Crippen LogP contribution in [-0.4, -0.2) is 0 Å². The molecule has 0 aliphatic rings. The van der Waals surface area contributed by atoms with Crippen molar-refractivity contribution in [2.24, 2.45) is 5.73 Å². The SMILES string of the molecule is Cc1ccc(Oc2ccc(C(F)(F)F)cc2CN)cc1C. The summed E-state index contributed by atoms with van der Waals surface area (Å²) in [4.78, 5) is 0. The van der Waals surface area contributed by atoms with Gasteiger partial charge in [-0.15, -0.1) is 0 Å². The molecule has 0 atom stereocenters. The molecular weight excluding hydrogens is 279 g/mol. The number of ether oxygens (including phenoxy) is 1. The van der Waals surface area contributed by atoms with Crippen LogP contribution in [0.2, 0.25) is 0 Å². The van der Waals surface area contributed by atoms with Crippen LogP contribution in [0.5, 0.6) is 11.5 Å². The van der Waals surface area contributed by atoms with Gasteiger partial charge in [-0.05, 0) is 55.3 Å². The predicted molar refractivity (Wildman–Crippen MR) is 75.3 cm³/mol. The molecule has 5 heteroatoms. The minimum atomic E-state index is -4.39. The first-order valence-corrected chi connectivity index (χ1v) is 6.46. The van der Waals surface area contributed by atoms with Gasteiger partial charge in [-0.1, -0.05) is 6.07 Å². The fourth-order valence-electron chi connectivity index (χ4n) is 1.92. The molecule has 2 nitrogen and oxygen atoms in total. The Hall–Kier alpha value is -2.01. The lowest BCUT2D eigenvalue weighted by atomic mass is 10.1. The summed E-state index contributed by atoms with van der Waals surface area (Å²) in [6, 6.07) is 8.84. The van der Waals surface area contributed by atoms with Gasteiger partial charge in [-0.25, -0.2) is 0 Å². The summed E-state index contributed by atoms with van der Waals surface area (Å²) in [5, 5.41) is 0. The Morgan fingerprint density at radius 3 is 2.29 bits per heavy atom. The standard InChI is InChI=1S/C16H16F3NO/c1-10-3-5-14(7-11(10)2)21-15-6-4-13(16(17,18)19)8-12(15)9-20/h3-8H,9,20H2,1-2H3. The highest BCUT2D eigenvalue weighted by molar-refractivity contribution is 5.43. The second-order valence-corrected chi connectivity index (χ2v) is 4.87. The lowest BCUT2D eigenvalue weighted by Gasteiger charge is -2.14. The van der Waals surface area contributed by atoms with Crippen molar-refractivity contribution >= 4 is 0 Å². The summed E-state index contributed by atoms with van der Waals surface area (Å²) in [6.07, 6.45) is -4.39. The van der Waals surface area contributed by atoms with Gasteiger partial charge in [-0.2, -0.15) is 13.2 Å². The van der Waals surface area contributed by atoms with Gasteiger partial charge in [0.2, 0.25) is 0 Å².